The number of carbonyl (C=O) groups excluding carboxylic acids is 1. The molecule has 0 unspecified atom stereocenters. The van der Waals surface area contributed by atoms with Gasteiger partial charge in [-0.05, 0) is 18.6 Å². The maximum absolute atomic E-state index is 11.3. The van der Waals surface area contributed by atoms with Gasteiger partial charge in [0.05, 0.1) is 7.11 Å². The SMILES string of the molecule is CONCC(=O)Nc1ccccc1C. The van der Waals surface area contributed by atoms with Crippen LogP contribution in [0.2, 0.25) is 0 Å². The number of hydroxylamine groups is 1. The van der Waals surface area contributed by atoms with E-state index in [2.05, 4.69) is 15.6 Å². The Kier molecular flexibility index (Phi) is 4.10. The number of aryl methyl sites for hydroxylation is 1. The minimum atomic E-state index is -0.124. The number of hydrogen-bond acceptors (Lipinski definition) is 3. The van der Waals surface area contributed by atoms with Crippen molar-refractivity contribution in [2.75, 3.05) is 19.0 Å². The van der Waals surface area contributed by atoms with Crippen molar-refractivity contribution in [3.63, 3.8) is 0 Å². The number of hydrogen-bond donors (Lipinski definition) is 2. The summed E-state index contributed by atoms with van der Waals surface area (Å²) >= 11 is 0. The third-order valence-corrected chi connectivity index (χ3v) is 1.80. The summed E-state index contributed by atoms with van der Waals surface area (Å²) in [6, 6.07) is 7.62. The van der Waals surface area contributed by atoms with Gasteiger partial charge in [0, 0.05) is 5.69 Å². The van der Waals surface area contributed by atoms with Crippen LogP contribution < -0.4 is 10.8 Å². The van der Waals surface area contributed by atoms with Crippen molar-refractivity contribution in [1.29, 1.82) is 0 Å². The van der Waals surface area contributed by atoms with Gasteiger partial charge in [-0.3, -0.25) is 4.79 Å². The maximum atomic E-state index is 11.3. The zero-order chi connectivity index (χ0) is 10.4. The summed E-state index contributed by atoms with van der Waals surface area (Å²) in [4.78, 5) is 15.8. The topological polar surface area (TPSA) is 50.4 Å². The van der Waals surface area contributed by atoms with Gasteiger partial charge < -0.3 is 10.2 Å². The Morgan fingerprint density at radius 2 is 2.14 bits per heavy atom. The van der Waals surface area contributed by atoms with Gasteiger partial charge in [-0.1, -0.05) is 18.2 Å². The molecule has 0 aliphatic heterocycles. The van der Waals surface area contributed by atoms with Gasteiger partial charge in [0.2, 0.25) is 5.91 Å². The number of nitrogens with one attached hydrogen (secondary N) is 2. The van der Waals surface area contributed by atoms with E-state index in [1.54, 1.807) is 0 Å². The molecule has 1 rings (SSSR count). The fourth-order valence-electron chi connectivity index (χ4n) is 1.05. The highest BCUT2D eigenvalue weighted by Gasteiger charge is 2.02. The number of amides is 1. The van der Waals surface area contributed by atoms with E-state index in [0.717, 1.165) is 11.3 Å². The van der Waals surface area contributed by atoms with Crippen LogP contribution in [0, 0.1) is 6.92 Å². The Balaban J connectivity index is 2.52. The standard InChI is InChI=1S/C10H14N2O2/c1-8-5-3-4-6-9(8)12-10(13)7-11-14-2/h3-6,11H,7H2,1-2H3,(H,12,13). The second kappa shape index (κ2) is 5.36. The average molecular weight is 194 g/mol. The van der Waals surface area contributed by atoms with Crippen molar-refractivity contribution in [1.82, 2.24) is 5.48 Å². The van der Waals surface area contributed by atoms with E-state index in [-0.39, 0.29) is 12.5 Å². The van der Waals surface area contributed by atoms with Crippen molar-refractivity contribution >= 4 is 11.6 Å². The third-order valence-electron chi connectivity index (χ3n) is 1.80. The molecule has 0 heterocycles. The molecule has 4 heteroatoms. The summed E-state index contributed by atoms with van der Waals surface area (Å²) in [6.07, 6.45) is 0. The van der Waals surface area contributed by atoms with Crippen molar-refractivity contribution in [3.8, 4) is 0 Å². The molecule has 0 bridgehead atoms. The van der Waals surface area contributed by atoms with Crippen LogP contribution in [0.25, 0.3) is 0 Å². The van der Waals surface area contributed by atoms with Gasteiger partial charge in [-0.25, -0.2) is 0 Å². The summed E-state index contributed by atoms with van der Waals surface area (Å²) < 4.78 is 0. The quantitative estimate of drug-likeness (QED) is 0.705. The van der Waals surface area contributed by atoms with E-state index in [1.165, 1.54) is 7.11 Å². The van der Waals surface area contributed by atoms with Gasteiger partial charge in [0.1, 0.15) is 6.54 Å². The maximum Gasteiger partial charge on any atom is 0.240 e. The number of rotatable bonds is 4. The van der Waals surface area contributed by atoms with Crippen molar-refractivity contribution < 1.29 is 9.63 Å². The Morgan fingerprint density at radius 1 is 1.43 bits per heavy atom. The Hall–Kier alpha value is -1.39. The Labute approximate surface area is 83.2 Å². The first-order chi connectivity index (χ1) is 6.74. The van der Waals surface area contributed by atoms with Crippen LogP contribution >= 0.6 is 0 Å². The first-order valence-corrected chi connectivity index (χ1v) is 4.35. The van der Waals surface area contributed by atoms with E-state index >= 15 is 0 Å². The highest BCUT2D eigenvalue weighted by Crippen LogP contribution is 2.12. The number of anilines is 1. The zero-order valence-corrected chi connectivity index (χ0v) is 8.33. The van der Waals surface area contributed by atoms with Crippen molar-refractivity contribution in [2.45, 2.75) is 6.92 Å². The normalized spacial score (nSPS) is 9.86. The molecule has 0 fully saturated rings. The van der Waals surface area contributed by atoms with Crippen LogP contribution in [0.1, 0.15) is 5.56 Å². The molecule has 0 aromatic heterocycles. The van der Waals surface area contributed by atoms with Gasteiger partial charge >= 0.3 is 0 Å². The fourth-order valence-corrected chi connectivity index (χ4v) is 1.05. The van der Waals surface area contributed by atoms with Crippen LogP contribution in [0.5, 0.6) is 0 Å². The van der Waals surface area contributed by atoms with E-state index in [0.29, 0.717) is 0 Å². The van der Waals surface area contributed by atoms with Crippen LogP contribution in [0.3, 0.4) is 0 Å². The second-order valence-electron chi connectivity index (χ2n) is 2.89. The van der Waals surface area contributed by atoms with Gasteiger partial charge in [0.25, 0.3) is 0 Å². The lowest BCUT2D eigenvalue weighted by atomic mass is 10.2. The van der Waals surface area contributed by atoms with Crippen molar-refractivity contribution in [2.24, 2.45) is 0 Å². The minimum Gasteiger partial charge on any atom is -0.325 e. The van der Waals surface area contributed by atoms with E-state index < -0.39 is 0 Å². The zero-order valence-electron chi connectivity index (χ0n) is 8.33. The van der Waals surface area contributed by atoms with Gasteiger partial charge in [0.15, 0.2) is 0 Å². The smallest absolute Gasteiger partial charge is 0.240 e. The molecule has 76 valence electrons. The summed E-state index contributed by atoms with van der Waals surface area (Å²) in [5, 5.41) is 2.76. The van der Waals surface area contributed by atoms with E-state index in [1.807, 2.05) is 31.2 Å². The van der Waals surface area contributed by atoms with Gasteiger partial charge in [-0.2, -0.15) is 5.48 Å². The molecule has 1 amide bonds. The fraction of sp³-hybridized carbons (Fsp3) is 0.300. The first-order valence-electron chi connectivity index (χ1n) is 4.35. The minimum absolute atomic E-state index is 0.124. The lowest BCUT2D eigenvalue weighted by molar-refractivity contribution is -0.117. The second-order valence-corrected chi connectivity index (χ2v) is 2.89. The lowest BCUT2D eigenvalue weighted by Crippen LogP contribution is -2.27. The molecular weight excluding hydrogens is 180 g/mol. The van der Waals surface area contributed by atoms with E-state index in [4.69, 9.17) is 0 Å². The average Bonchev–Trinajstić information content (AvgIpc) is 2.18. The molecule has 0 aliphatic carbocycles. The third kappa shape index (κ3) is 3.16. The molecule has 14 heavy (non-hydrogen) atoms. The predicted molar refractivity (Wildman–Crippen MR) is 54.8 cm³/mol. The summed E-state index contributed by atoms with van der Waals surface area (Å²) in [6.45, 7) is 2.09. The van der Waals surface area contributed by atoms with Crippen molar-refractivity contribution in [3.05, 3.63) is 29.8 Å². The monoisotopic (exact) mass is 194 g/mol. The van der Waals surface area contributed by atoms with Crippen LogP contribution in [-0.2, 0) is 9.63 Å². The molecule has 4 nitrogen and oxygen atoms in total. The number of para-hydroxylation sites is 1. The molecule has 2 N–H and O–H groups in total. The molecule has 0 spiro atoms. The predicted octanol–water partition coefficient (Wildman–Crippen LogP) is 1.08. The highest BCUT2D eigenvalue weighted by atomic mass is 16.6. The summed E-state index contributed by atoms with van der Waals surface area (Å²) in [5.41, 5.74) is 4.34. The largest absolute Gasteiger partial charge is 0.325 e. The van der Waals surface area contributed by atoms with Crippen LogP contribution in [0.15, 0.2) is 24.3 Å². The van der Waals surface area contributed by atoms with Crippen LogP contribution in [0.4, 0.5) is 5.69 Å². The molecule has 0 aliphatic rings. The summed E-state index contributed by atoms with van der Waals surface area (Å²) in [5.74, 6) is -0.124. The van der Waals surface area contributed by atoms with Gasteiger partial charge in [-0.15, -0.1) is 0 Å². The molecule has 0 atom stereocenters. The molecule has 0 saturated heterocycles. The molecule has 1 aromatic carbocycles. The first kappa shape index (κ1) is 10.7. The highest BCUT2D eigenvalue weighted by molar-refractivity contribution is 5.92. The molecule has 0 radical (unpaired) electrons. The Bertz CT molecular complexity index is 313. The van der Waals surface area contributed by atoms with Crippen LogP contribution in [-0.4, -0.2) is 19.6 Å². The molecular formula is C10H14N2O2. The lowest BCUT2D eigenvalue weighted by Gasteiger charge is -2.07. The van der Waals surface area contributed by atoms with E-state index in [9.17, 15) is 4.79 Å². The Morgan fingerprint density at radius 3 is 2.79 bits per heavy atom. The molecule has 0 saturated carbocycles. The number of carbonyl (C=O) groups is 1. The molecule has 1 aromatic rings. The summed E-state index contributed by atoms with van der Waals surface area (Å²) in [7, 11) is 1.47. The number of benzene rings is 1.